The summed E-state index contributed by atoms with van der Waals surface area (Å²) >= 11 is 7.38. The Morgan fingerprint density at radius 3 is 2.58 bits per heavy atom. The monoisotopic (exact) mass is 385 g/mol. The van der Waals surface area contributed by atoms with E-state index < -0.39 is 0 Å². The fourth-order valence-electron chi connectivity index (χ4n) is 2.51. The van der Waals surface area contributed by atoms with Crippen molar-refractivity contribution in [3.8, 4) is 5.75 Å². The molecule has 26 heavy (non-hydrogen) atoms. The molecule has 0 aliphatic heterocycles. The number of halogens is 1. The third kappa shape index (κ3) is 5.16. The molecule has 0 fully saturated rings. The highest BCUT2D eigenvalue weighted by molar-refractivity contribution is 8.00. The summed E-state index contributed by atoms with van der Waals surface area (Å²) < 4.78 is 5.74. The molecule has 0 bridgehead atoms. The van der Waals surface area contributed by atoms with E-state index in [9.17, 15) is 4.79 Å². The second-order valence-corrected chi connectivity index (χ2v) is 7.71. The van der Waals surface area contributed by atoms with Crippen LogP contribution in [0.2, 0.25) is 5.02 Å². The van der Waals surface area contributed by atoms with E-state index in [2.05, 4.69) is 17.4 Å². The molecule has 0 saturated carbocycles. The summed E-state index contributed by atoms with van der Waals surface area (Å²) in [6, 6.07) is 21.6. The third-order valence-corrected chi connectivity index (χ3v) is 5.25. The number of thioether (sulfide) groups is 1. The minimum atomic E-state index is -0.183. The predicted molar refractivity (Wildman–Crippen MR) is 109 cm³/mol. The molecule has 3 aromatic rings. The van der Waals surface area contributed by atoms with E-state index in [4.69, 9.17) is 16.3 Å². The summed E-state index contributed by atoms with van der Waals surface area (Å²) in [6.45, 7) is 2.79. The number of carbonyl (C=O) groups excluding carboxylic acids is 1. The number of carbonyl (C=O) groups is 1. The lowest BCUT2D eigenvalue weighted by molar-refractivity contribution is -0.120. The van der Waals surface area contributed by atoms with Crippen LogP contribution in [-0.4, -0.2) is 24.3 Å². The van der Waals surface area contributed by atoms with Crippen molar-refractivity contribution in [2.75, 3.05) is 13.2 Å². The number of benzene rings is 3. The van der Waals surface area contributed by atoms with Crippen LogP contribution < -0.4 is 10.1 Å². The summed E-state index contributed by atoms with van der Waals surface area (Å²) in [4.78, 5) is 13.2. The van der Waals surface area contributed by atoms with Crippen molar-refractivity contribution in [2.45, 2.75) is 17.1 Å². The number of ether oxygens (including phenoxy) is 1. The normalized spacial score (nSPS) is 11.9. The molecule has 1 amide bonds. The Morgan fingerprint density at radius 1 is 1.08 bits per heavy atom. The van der Waals surface area contributed by atoms with Gasteiger partial charge in [-0.1, -0.05) is 41.9 Å². The maximum atomic E-state index is 12.2. The molecule has 0 heterocycles. The minimum Gasteiger partial charge on any atom is -0.492 e. The number of hydrogen-bond donors (Lipinski definition) is 1. The zero-order valence-corrected chi connectivity index (χ0v) is 16.0. The Bertz CT molecular complexity index is 883. The van der Waals surface area contributed by atoms with Crippen molar-refractivity contribution in [3.05, 3.63) is 71.8 Å². The van der Waals surface area contributed by atoms with Gasteiger partial charge in [-0.25, -0.2) is 0 Å². The van der Waals surface area contributed by atoms with Gasteiger partial charge in [0, 0.05) is 9.92 Å². The number of rotatable bonds is 7. The highest BCUT2D eigenvalue weighted by atomic mass is 35.5. The number of hydrogen-bond acceptors (Lipinski definition) is 3. The highest BCUT2D eigenvalue weighted by Crippen LogP contribution is 2.24. The van der Waals surface area contributed by atoms with Crippen LogP contribution in [0, 0.1) is 0 Å². The Kier molecular flexibility index (Phi) is 6.42. The van der Waals surface area contributed by atoms with Crippen LogP contribution in [0.3, 0.4) is 0 Å². The molecule has 134 valence electrons. The molecule has 1 atom stereocenters. The Morgan fingerprint density at radius 2 is 1.81 bits per heavy atom. The zero-order valence-electron chi connectivity index (χ0n) is 14.4. The van der Waals surface area contributed by atoms with E-state index in [0.717, 1.165) is 16.0 Å². The fraction of sp³-hybridized carbons (Fsp3) is 0.190. The first kappa shape index (κ1) is 18.6. The van der Waals surface area contributed by atoms with Crippen LogP contribution in [0.5, 0.6) is 5.75 Å². The van der Waals surface area contributed by atoms with Crippen LogP contribution in [0.1, 0.15) is 6.92 Å². The summed E-state index contributed by atoms with van der Waals surface area (Å²) in [7, 11) is 0. The molecule has 0 spiro atoms. The first-order valence-electron chi connectivity index (χ1n) is 8.43. The van der Waals surface area contributed by atoms with Crippen molar-refractivity contribution in [1.82, 2.24) is 5.32 Å². The van der Waals surface area contributed by atoms with Crippen LogP contribution in [-0.2, 0) is 4.79 Å². The van der Waals surface area contributed by atoms with Gasteiger partial charge in [-0.05, 0) is 54.1 Å². The summed E-state index contributed by atoms with van der Waals surface area (Å²) in [6.07, 6.45) is 0. The lowest BCUT2D eigenvalue weighted by Gasteiger charge is -2.13. The van der Waals surface area contributed by atoms with Gasteiger partial charge in [0.15, 0.2) is 0 Å². The predicted octanol–water partition coefficient (Wildman–Crippen LogP) is 5.17. The third-order valence-electron chi connectivity index (χ3n) is 3.89. The molecule has 3 nitrogen and oxygen atoms in total. The van der Waals surface area contributed by atoms with Gasteiger partial charge >= 0.3 is 0 Å². The molecule has 0 aliphatic rings. The van der Waals surface area contributed by atoms with Gasteiger partial charge in [-0.2, -0.15) is 0 Å². The molecule has 0 radical (unpaired) electrons. The Balaban J connectivity index is 1.43. The van der Waals surface area contributed by atoms with Gasteiger partial charge < -0.3 is 10.1 Å². The SMILES string of the molecule is C[C@@H](Sc1ccc(Cl)cc1)C(=O)NCCOc1ccc2ccccc2c1. The van der Waals surface area contributed by atoms with Crippen molar-refractivity contribution in [2.24, 2.45) is 0 Å². The first-order valence-corrected chi connectivity index (χ1v) is 9.69. The average molecular weight is 386 g/mol. The van der Waals surface area contributed by atoms with Crippen LogP contribution >= 0.6 is 23.4 Å². The average Bonchev–Trinajstić information content (AvgIpc) is 2.66. The van der Waals surface area contributed by atoms with Crippen LogP contribution in [0.25, 0.3) is 10.8 Å². The van der Waals surface area contributed by atoms with E-state index >= 15 is 0 Å². The maximum Gasteiger partial charge on any atom is 0.233 e. The maximum absolute atomic E-state index is 12.2. The second-order valence-electron chi connectivity index (χ2n) is 5.86. The van der Waals surface area contributed by atoms with E-state index in [1.807, 2.05) is 61.5 Å². The zero-order chi connectivity index (χ0) is 18.4. The summed E-state index contributed by atoms with van der Waals surface area (Å²) in [5.41, 5.74) is 0. The molecule has 3 aromatic carbocycles. The van der Waals surface area contributed by atoms with Crippen molar-refractivity contribution in [3.63, 3.8) is 0 Å². The van der Waals surface area contributed by atoms with Gasteiger partial charge in [0.25, 0.3) is 0 Å². The largest absolute Gasteiger partial charge is 0.492 e. The molecular weight excluding hydrogens is 366 g/mol. The van der Waals surface area contributed by atoms with Gasteiger partial charge in [0.1, 0.15) is 12.4 Å². The minimum absolute atomic E-state index is 0.00735. The van der Waals surface area contributed by atoms with E-state index in [1.54, 1.807) is 0 Å². The van der Waals surface area contributed by atoms with E-state index in [1.165, 1.54) is 17.1 Å². The number of fused-ring (bicyclic) bond motifs is 1. The molecule has 5 heteroatoms. The van der Waals surface area contributed by atoms with Crippen LogP contribution in [0.4, 0.5) is 0 Å². The molecule has 0 unspecified atom stereocenters. The quantitative estimate of drug-likeness (QED) is 0.450. The Hall–Kier alpha value is -2.17. The van der Waals surface area contributed by atoms with Gasteiger partial charge in [-0.3, -0.25) is 4.79 Å². The molecule has 0 aliphatic carbocycles. The van der Waals surface area contributed by atoms with Crippen molar-refractivity contribution in [1.29, 1.82) is 0 Å². The molecular formula is C21H20ClNO2S. The van der Waals surface area contributed by atoms with Gasteiger partial charge in [-0.15, -0.1) is 11.8 Å². The Labute approximate surface area is 162 Å². The molecule has 0 saturated heterocycles. The highest BCUT2D eigenvalue weighted by Gasteiger charge is 2.13. The topological polar surface area (TPSA) is 38.3 Å². The first-order chi connectivity index (χ1) is 12.6. The number of amides is 1. The second kappa shape index (κ2) is 8.97. The molecule has 1 N–H and O–H groups in total. The van der Waals surface area contributed by atoms with Crippen LogP contribution in [0.15, 0.2) is 71.6 Å². The van der Waals surface area contributed by atoms with Crippen molar-refractivity contribution < 1.29 is 9.53 Å². The standard InChI is InChI=1S/C21H20ClNO2S/c1-15(26-20-10-7-18(22)8-11-20)21(24)23-12-13-25-19-9-6-16-4-2-3-5-17(16)14-19/h2-11,14-15H,12-13H2,1H3,(H,23,24)/t15-/m1/s1. The smallest absolute Gasteiger partial charge is 0.233 e. The fourth-order valence-corrected chi connectivity index (χ4v) is 3.53. The molecule has 0 aromatic heterocycles. The number of nitrogens with one attached hydrogen (secondary N) is 1. The summed E-state index contributed by atoms with van der Waals surface area (Å²) in [5.74, 6) is 0.800. The molecule has 3 rings (SSSR count). The van der Waals surface area contributed by atoms with Gasteiger partial charge in [0.05, 0.1) is 11.8 Å². The lowest BCUT2D eigenvalue weighted by Crippen LogP contribution is -2.33. The summed E-state index contributed by atoms with van der Waals surface area (Å²) in [5, 5.41) is 5.74. The van der Waals surface area contributed by atoms with E-state index in [-0.39, 0.29) is 11.2 Å². The van der Waals surface area contributed by atoms with Crippen molar-refractivity contribution >= 4 is 40.0 Å². The lowest BCUT2D eigenvalue weighted by atomic mass is 10.1. The van der Waals surface area contributed by atoms with E-state index in [0.29, 0.717) is 18.2 Å². The van der Waals surface area contributed by atoms with Gasteiger partial charge in [0.2, 0.25) is 5.91 Å².